The molecule has 5 nitrogen and oxygen atoms in total. The van der Waals surface area contributed by atoms with Crippen molar-refractivity contribution in [3.05, 3.63) is 59.7 Å². The van der Waals surface area contributed by atoms with Crippen LogP contribution in [0.5, 0.6) is 0 Å². The van der Waals surface area contributed by atoms with Gasteiger partial charge >= 0.3 is 0 Å². The number of aliphatic imine (C=N–C) groups is 1. The van der Waals surface area contributed by atoms with Crippen molar-refractivity contribution in [3.63, 3.8) is 0 Å². The van der Waals surface area contributed by atoms with Gasteiger partial charge in [0.15, 0.2) is 5.17 Å². The normalized spacial score (nSPS) is 21.8. The van der Waals surface area contributed by atoms with Crippen LogP contribution in [0.4, 0.5) is 10.1 Å². The van der Waals surface area contributed by atoms with Gasteiger partial charge in [-0.15, -0.1) is 0 Å². The van der Waals surface area contributed by atoms with E-state index in [1.807, 2.05) is 6.92 Å². The summed E-state index contributed by atoms with van der Waals surface area (Å²) in [6, 6.07) is 9.58. The summed E-state index contributed by atoms with van der Waals surface area (Å²) < 4.78 is 14.4. The number of carbonyl (C=O) groups excluding carboxylic acids is 1. The number of anilines is 1. The van der Waals surface area contributed by atoms with Crippen molar-refractivity contribution in [2.24, 2.45) is 10.7 Å². The average Bonchev–Trinajstić information content (AvgIpc) is 2.55. The van der Waals surface area contributed by atoms with Crippen LogP contribution in [0, 0.1) is 5.82 Å². The second-order valence-corrected chi connectivity index (χ2v) is 8.85. The monoisotopic (exact) mass is 372 g/mol. The van der Waals surface area contributed by atoms with Gasteiger partial charge in [-0.2, -0.15) is 0 Å². The fourth-order valence-corrected chi connectivity index (χ4v) is 4.48. The number of benzene rings is 1. The van der Waals surface area contributed by atoms with Gasteiger partial charge in [0.2, 0.25) is 0 Å². The lowest BCUT2D eigenvalue weighted by Gasteiger charge is -2.39. The smallest absolute Gasteiger partial charge is 0.274 e. The SMILES string of the molecule is CC1(C)C[C@@](C)(c2cc(NC(=O)c3ccccn3)ccc2F)N=C(N)S1. The van der Waals surface area contributed by atoms with E-state index in [4.69, 9.17) is 5.73 Å². The largest absolute Gasteiger partial charge is 0.378 e. The molecular weight excluding hydrogens is 351 g/mol. The minimum Gasteiger partial charge on any atom is -0.378 e. The molecule has 1 amide bonds. The number of amides is 1. The third kappa shape index (κ3) is 3.88. The molecule has 1 aromatic carbocycles. The molecule has 2 heterocycles. The number of thioether (sulfide) groups is 1. The molecule has 136 valence electrons. The quantitative estimate of drug-likeness (QED) is 0.856. The molecule has 1 aliphatic rings. The van der Waals surface area contributed by atoms with Gasteiger partial charge in [0.25, 0.3) is 5.91 Å². The molecule has 2 aromatic rings. The Hall–Kier alpha value is -2.41. The van der Waals surface area contributed by atoms with Crippen LogP contribution in [-0.4, -0.2) is 20.8 Å². The van der Waals surface area contributed by atoms with Crippen molar-refractivity contribution in [3.8, 4) is 0 Å². The number of hydrogen-bond acceptors (Lipinski definition) is 5. The van der Waals surface area contributed by atoms with Crippen molar-refractivity contribution < 1.29 is 9.18 Å². The van der Waals surface area contributed by atoms with E-state index in [1.165, 1.54) is 23.9 Å². The molecule has 26 heavy (non-hydrogen) atoms. The Kier molecular flexibility index (Phi) is 4.75. The zero-order valence-corrected chi connectivity index (χ0v) is 15.7. The molecule has 1 atom stereocenters. The van der Waals surface area contributed by atoms with Crippen LogP contribution in [0.3, 0.4) is 0 Å². The van der Waals surface area contributed by atoms with Gasteiger partial charge in [-0.25, -0.2) is 4.39 Å². The standard InChI is InChI=1S/C19H21FN4OS/c1-18(2)11-19(3,24-17(21)26-18)13-10-12(7-8-14(13)20)23-16(25)15-6-4-5-9-22-15/h4-10H,11H2,1-3H3,(H2,21,24)(H,23,25)/t19-/m0/s1. The Morgan fingerprint density at radius 2 is 2.04 bits per heavy atom. The fourth-order valence-electron chi connectivity index (χ4n) is 3.32. The molecule has 0 bridgehead atoms. The van der Waals surface area contributed by atoms with Crippen molar-refractivity contribution in [1.29, 1.82) is 0 Å². The summed E-state index contributed by atoms with van der Waals surface area (Å²) in [7, 11) is 0. The Morgan fingerprint density at radius 3 is 2.69 bits per heavy atom. The van der Waals surface area contributed by atoms with E-state index in [-0.39, 0.29) is 16.5 Å². The molecule has 3 rings (SSSR count). The molecule has 7 heteroatoms. The van der Waals surface area contributed by atoms with Gasteiger partial charge < -0.3 is 11.1 Å². The molecule has 0 spiro atoms. The summed E-state index contributed by atoms with van der Waals surface area (Å²) >= 11 is 1.49. The summed E-state index contributed by atoms with van der Waals surface area (Å²) in [5.41, 5.74) is 6.38. The van der Waals surface area contributed by atoms with Gasteiger partial charge in [-0.3, -0.25) is 14.8 Å². The number of halogens is 1. The van der Waals surface area contributed by atoms with E-state index in [1.54, 1.807) is 30.5 Å². The molecule has 1 aromatic heterocycles. The van der Waals surface area contributed by atoms with E-state index in [0.29, 0.717) is 28.5 Å². The van der Waals surface area contributed by atoms with E-state index in [0.717, 1.165) is 0 Å². The number of nitrogens with two attached hydrogens (primary N) is 1. The summed E-state index contributed by atoms with van der Waals surface area (Å²) in [6.07, 6.45) is 2.17. The predicted molar refractivity (Wildman–Crippen MR) is 104 cm³/mol. The number of amidine groups is 1. The van der Waals surface area contributed by atoms with E-state index in [9.17, 15) is 9.18 Å². The van der Waals surface area contributed by atoms with Crippen LogP contribution in [0.1, 0.15) is 43.2 Å². The lowest BCUT2D eigenvalue weighted by Crippen LogP contribution is -2.38. The summed E-state index contributed by atoms with van der Waals surface area (Å²) in [5.74, 6) is -0.724. The second-order valence-electron chi connectivity index (χ2n) is 7.13. The van der Waals surface area contributed by atoms with Gasteiger partial charge in [-0.05, 0) is 43.7 Å². The lowest BCUT2D eigenvalue weighted by molar-refractivity contribution is 0.102. The maximum atomic E-state index is 14.6. The first-order valence-electron chi connectivity index (χ1n) is 8.25. The second kappa shape index (κ2) is 6.72. The number of nitrogens with one attached hydrogen (secondary N) is 1. The minimum absolute atomic E-state index is 0.166. The molecule has 0 unspecified atom stereocenters. The maximum absolute atomic E-state index is 14.6. The van der Waals surface area contributed by atoms with Crippen molar-refractivity contribution in [1.82, 2.24) is 4.98 Å². The molecule has 0 radical (unpaired) electrons. The topological polar surface area (TPSA) is 80.4 Å². The average molecular weight is 372 g/mol. The van der Waals surface area contributed by atoms with Crippen molar-refractivity contribution in [2.45, 2.75) is 37.5 Å². The van der Waals surface area contributed by atoms with Gasteiger partial charge in [0.1, 0.15) is 11.5 Å². The first kappa shape index (κ1) is 18.4. The van der Waals surface area contributed by atoms with Crippen LogP contribution >= 0.6 is 11.8 Å². The first-order valence-corrected chi connectivity index (χ1v) is 9.07. The number of aromatic nitrogens is 1. The first-order chi connectivity index (χ1) is 12.2. The van der Waals surface area contributed by atoms with Gasteiger partial charge in [0, 0.05) is 22.2 Å². The Morgan fingerprint density at radius 1 is 1.27 bits per heavy atom. The highest BCUT2D eigenvalue weighted by Crippen LogP contribution is 2.45. The Labute approximate surface area is 156 Å². The molecular formula is C19H21FN4OS. The summed E-state index contributed by atoms with van der Waals surface area (Å²) in [6.45, 7) is 5.98. The lowest BCUT2D eigenvalue weighted by atomic mass is 9.83. The third-order valence-electron chi connectivity index (χ3n) is 4.21. The molecule has 0 aliphatic carbocycles. The third-order valence-corrected chi connectivity index (χ3v) is 5.21. The molecule has 3 N–H and O–H groups in total. The van der Waals surface area contributed by atoms with Crippen LogP contribution in [0.15, 0.2) is 47.6 Å². The van der Waals surface area contributed by atoms with Gasteiger partial charge in [0.05, 0.1) is 5.54 Å². The highest BCUT2D eigenvalue weighted by Gasteiger charge is 2.40. The molecule has 0 saturated heterocycles. The molecule has 0 saturated carbocycles. The maximum Gasteiger partial charge on any atom is 0.274 e. The molecule has 1 aliphatic heterocycles. The van der Waals surface area contributed by atoms with E-state index < -0.39 is 5.54 Å². The fraction of sp³-hybridized carbons (Fsp3) is 0.316. The number of nitrogens with zero attached hydrogens (tertiary/aromatic N) is 2. The Balaban J connectivity index is 1.93. The zero-order valence-electron chi connectivity index (χ0n) is 14.9. The number of hydrogen-bond donors (Lipinski definition) is 2. The molecule has 0 fully saturated rings. The van der Waals surface area contributed by atoms with Crippen molar-refractivity contribution in [2.75, 3.05) is 5.32 Å². The van der Waals surface area contributed by atoms with Gasteiger partial charge in [-0.1, -0.05) is 31.7 Å². The highest BCUT2D eigenvalue weighted by atomic mass is 32.2. The van der Waals surface area contributed by atoms with E-state index >= 15 is 0 Å². The van der Waals surface area contributed by atoms with E-state index in [2.05, 4.69) is 29.1 Å². The summed E-state index contributed by atoms with van der Waals surface area (Å²) in [4.78, 5) is 20.8. The van der Waals surface area contributed by atoms with Crippen molar-refractivity contribution >= 4 is 28.5 Å². The number of rotatable bonds is 3. The minimum atomic E-state index is -0.797. The summed E-state index contributed by atoms with van der Waals surface area (Å²) in [5, 5.41) is 3.20. The van der Waals surface area contributed by atoms with Crippen LogP contribution < -0.4 is 11.1 Å². The number of carbonyl (C=O) groups is 1. The van der Waals surface area contributed by atoms with Crippen LogP contribution in [-0.2, 0) is 5.54 Å². The van der Waals surface area contributed by atoms with Crippen LogP contribution in [0.25, 0.3) is 0 Å². The number of pyridine rings is 1. The van der Waals surface area contributed by atoms with Crippen LogP contribution in [0.2, 0.25) is 0 Å². The predicted octanol–water partition coefficient (Wildman–Crippen LogP) is 3.92. The highest BCUT2D eigenvalue weighted by molar-refractivity contribution is 8.15. The Bertz CT molecular complexity index is 869. The zero-order chi connectivity index (χ0) is 18.9.